The molecular formula is C9H6N2O2. The van der Waals surface area contributed by atoms with Crippen molar-refractivity contribution in [3.8, 4) is 0 Å². The van der Waals surface area contributed by atoms with Gasteiger partial charge in [0, 0.05) is 0 Å². The summed E-state index contributed by atoms with van der Waals surface area (Å²) in [6, 6.07) is 0.278. The third-order valence-electron chi connectivity index (χ3n) is 1.41. The summed E-state index contributed by atoms with van der Waals surface area (Å²) in [4.78, 5) is 18.0. The van der Waals surface area contributed by atoms with Gasteiger partial charge in [-0.1, -0.05) is 12.1 Å². The third kappa shape index (κ3) is 1.33. The number of benzene rings is 1. The fourth-order valence-electron chi connectivity index (χ4n) is 0.853. The molecule has 0 amide bonds. The van der Waals surface area contributed by atoms with Crippen LogP contribution in [0.15, 0.2) is 30.4 Å². The van der Waals surface area contributed by atoms with Crippen molar-refractivity contribution in [2.45, 2.75) is 0 Å². The van der Waals surface area contributed by atoms with Gasteiger partial charge in [0.15, 0.2) is 5.69 Å². The number of hydrogen-bond donors (Lipinski definition) is 1. The Balaban J connectivity index is 2.88. The highest BCUT2D eigenvalue weighted by Gasteiger charge is 2.05. The lowest BCUT2D eigenvalue weighted by Crippen LogP contribution is -2.00. The third-order valence-corrected chi connectivity index (χ3v) is 1.41. The van der Waals surface area contributed by atoms with Gasteiger partial charge in [-0.05, 0) is 12.1 Å². The van der Waals surface area contributed by atoms with Gasteiger partial charge in [-0.3, -0.25) is 4.98 Å². The van der Waals surface area contributed by atoms with E-state index in [1.54, 1.807) is 0 Å². The molecule has 64 valence electrons. The standard InChI is InChI=1S/C9H6N2O2/c12-9(13)8-5-10-6-3-1-2-4-7(6)11-8/h1-5H,(H,12,13)/i1D,2D,3D,5D. The first-order chi connectivity index (χ1) is 7.91. The summed E-state index contributed by atoms with van der Waals surface area (Å²) >= 11 is 0. The summed E-state index contributed by atoms with van der Waals surface area (Å²) in [5.41, 5.74) is -0.542. The first kappa shape index (κ1) is 4.32. The monoisotopic (exact) mass is 178 g/mol. The number of aromatic nitrogens is 2. The highest BCUT2D eigenvalue weighted by Crippen LogP contribution is 2.07. The quantitative estimate of drug-likeness (QED) is 0.715. The molecule has 1 aromatic carbocycles. The lowest BCUT2D eigenvalue weighted by atomic mass is 10.3. The molecule has 1 N–H and O–H groups in total. The van der Waals surface area contributed by atoms with Gasteiger partial charge in [0.2, 0.25) is 0 Å². The second-order valence-electron chi connectivity index (χ2n) is 2.26. The van der Waals surface area contributed by atoms with Crippen LogP contribution >= 0.6 is 0 Å². The number of nitrogens with zero attached hydrogens (tertiary/aromatic N) is 2. The SMILES string of the molecule is [2H]c1cc2nc(C(=O)O)c([2H])nc2c([2H])c1[2H]. The van der Waals surface area contributed by atoms with Gasteiger partial charge >= 0.3 is 5.97 Å². The Morgan fingerprint density at radius 3 is 3.08 bits per heavy atom. The summed E-state index contributed by atoms with van der Waals surface area (Å²) in [6.45, 7) is 0. The fourth-order valence-corrected chi connectivity index (χ4v) is 0.853. The molecule has 0 spiro atoms. The number of hydrogen-bond acceptors (Lipinski definition) is 3. The van der Waals surface area contributed by atoms with Crippen LogP contribution in [-0.2, 0) is 0 Å². The number of rotatable bonds is 1. The van der Waals surface area contributed by atoms with E-state index < -0.39 is 17.8 Å². The van der Waals surface area contributed by atoms with Gasteiger partial charge in [-0.25, -0.2) is 9.78 Å². The molecule has 0 atom stereocenters. The maximum Gasteiger partial charge on any atom is 0.356 e. The molecule has 0 aliphatic carbocycles. The van der Waals surface area contributed by atoms with E-state index in [2.05, 4.69) is 9.97 Å². The Labute approximate surface area is 79.5 Å². The topological polar surface area (TPSA) is 63.1 Å². The zero-order valence-electron chi connectivity index (χ0n) is 10.3. The molecule has 1 aromatic heterocycles. The normalized spacial score (nSPS) is 14.5. The molecule has 0 fully saturated rings. The molecule has 2 aromatic rings. The summed E-state index contributed by atoms with van der Waals surface area (Å²) in [6.07, 6.45) is -0.560. The predicted octanol–water partition coefficient (Wildman–Crippen LogP) is 1.33. The zero-order valence-corrected chi connectivity index (χ0v) is 6.33. The van der Waals surface area contributed by atoms with Crippen LogP contribution in [-0.4, -0.2) is 21.0 Å². The first-order valence-corrected chi connectivity index (χ1v) is 3.40. The number of carbonyl (C=O) groups is 1. The fraction of sp³-hybridized carbons (Fsp3) is 0. The Morgan fingerprint density at radius 1 is 1.46 bits per heavy atom. The molecule has 2 rings (SSSR count). The molecule has 0 saturated heterocycles. The van der Waals surface area contributed by atoms with Crippen molar-refractivity contribution in [2.24, 2.45) is 0 Å². The summed E-state index contributed by atoms with van der Waals surface area (Å²) < 4.78 is 29.7. The molecule has 4 nitrogen and oxygen atoms in total. The lowest BCUT2D eigenvalue weighted by molar-refractivity contribution is 0.0690. The average molecular weight is 178 g/mol. The molecule has 4 heteroatoms. The number of para-hydroxylation sites is 2. The Kier molecular flexibility index (Phi) is 0.937. The molecule has 0 aliphatic heterocycles. The van der Waals surface area contributed by atoms with Gasteiger partial charge in [-0.2, -0.15) is 0 Å². The molecule has 1 heterocycles. The van der Waals surface area contributed by atoms with Gasteiger partial charge in [0.1, 0.15) is 0 Å². The molecule has 13 heavy (non-hydrogen) atoms. The minimum absolute atomic E-state index is 0.0319. The molecule has 0 bridgehead atoms. The molecule has 0 radical (unpaired) electrons. The van der Waals surface area contributed by atoms with Crippen molar-refractivity contribution in [3.63, 3.8) is 0 Å². The van der Waals surface area contributed by atoms with E-state index in [0.29, 0.717) is 0 Å². The molecular weight excluding hydrogens is 168 g/mol. The van der Waals surface area contributed by atoms with E-state index in [4.69, 9.17) is 10.6 Å². The maximum absolute atomic E-state index is 10.7. The Morgan fingerprint density at radius 2 is 2.31 bits per heavy atom. The van der Waals surface area contributed by atoms with Crippen LogP contribution in [0.1, 0.15) is 16.0 Å². The summed E-state index contributed by atoms with van der Waals surface area (Å²) in [5, 5.41) is 8.77. The van der Waals surface area contributed by atoms with Crippen molar-refractivity contribution in [2.75, 3.05) is 0 Å². The van der Waals surface area contributed by atoms with Crippen molar-refractivity contribution >= 4 is 17.0 Å². The van der Waals surface area contributed by atoms with Crippen LogP contribution in [0.4, 0.5) is 0 Å². The second-order valence-corrected chi connectivity index (χ2v) is 2.26. The minimum atomic E-state index is -1.39. The van der Waals surface area contributed by atoms with Crippen molar-refractivity contribution in [1.29, 1.82) is 0 Å². The highest BCUT2D eigenvalue weighted by atomic mass is 16.4. The first-order valence-electron chi connectivity index (χ1n) is 5.40. The Bertz CT molecular complexity index is 645. The van der Waals surface area contributed by atoms with E-state index in [9.17, 15) is 4.79 Å². The van der Waals surface area contributed by atoms with E-state index in [1.807, 2.05) is 0 Å². The van der Waals surface area contributed by atoms with Crippen molar-refractivity contribution in [3.05, 3.63) is 36.1 Å². The number of fused-ring (bicyclic) bond motifs is 1. The van der Waals surface area contributed by atoms with Crippen LogP contribution in [0.2, 0.25) is 0 Å². The molecule has 0 unspecified atom stereocenters. The largest absolute Gasteiger partial charge is 0.476 e. The number of carboxylic acid groups (broad SMARTS) is 1. The maximum atomic E-state index is 10.7. The average Bonchev–Trinajstić information content (AvgIpc) is 2.26. The number of carboxylic acids is 1. The highest BCUT2D eigenvalue weighted by molar-refractivity contribution is 5.87. The number of aromatic carboxylic acids is 1. The Hall–Kier alpha value is -1.97. The molecule has 0 aliphatic rings. The zero-order chi connectivity index (χ0) is 12.7. The van der Waals surface area contributed by atoms with E-state index in [0.717, 1.165) is 6.07 Å². The van der Waals surface area contributed by atoms with Crippen LogP contribution in [0.3, 0.4) is 0 Å². The van der Waals surface area contributed by atoms with Gasteiger partial charge in [0.05, 0.1) is 22.7 Å². The van der Waals surface area contributed by atoms with E-state index in [-0.39, 0.29) is 29.2 Å². The minimum Gasteiger partial charge on any atom is -0.476 e. The summed E-state index contributed by atoms with van der Waals surface area (Å²) in [5.74, 6) is -1.39. The van der Waals surface area contributed by atoms with Crippen LogP contribution in [0.5, 0.6) is 0 Å². The van der Waals surface area contributed by atoms with Crippen molar-refractivity contribution < 1.29 is 15.4 Å². The lowest BCUT2D eigenvalue weighted by Gasteiger charge is -1.96. The van der Waals surface area contributed by atoms with Crippen molar-refractivity contribution in [1.82, 2.24) is 9.97 Å². The van der Waals surface area contributed by atoms with Gasteiger partial charge in [0.25, 0.3) is 0 Å². The van der Waals surface area contributed by atoms with Gasteiger partial charge in [-0.15, -0.1) is 0 Å². The molecule has 0 saturated carbocycles. The van der Waals surface area contributed by atoms with Crippen LogP contribution in [0, 0.1) is 0 Å². The second kappa shape index (κ2) is 2.82. The van der Waals surface area contributed by atoms with Crippen LogP contribution < -0.4 is 0 Å². The van der Waals surface area contributed by atoms with Gasteiger partial charge < -0.3 is 5.11 Å². The smallest absolute Gasteiger partial charge is 0.356 e. The van der Waals surface area contributed by atoms with Crippen LogP contribution in [0.25, 0.3) is 11.0 Å². The van der Waals surface area contributed by atoms with E-state index >= 15 is 0 Å². The predicted molar refractivity (Wildman–Crippen MR) is 46.5 cm³/mol. The van der Waals surface area contributed by atoms with E-state index in [1.165, 1.54) is 0 Å². The summed E-state index contributed by atoms with van der Waals surface area (Å²) in [7, 11) is 0.